The van der Waals surface area contributed by atoms with E-state index in [0.29, 0.717) is 17.9 Å². The second kappa shape index (κ2) is 15.9. The lowest BCUT2D eigenvalue weighted by Gasteiger charge is -2.31. The molecule has 11 nitrogen and oxygen atoms in total. The SMILES string of the molecule is CC(=O)Oc1ccc(S(=O)(=O)N(CC(C)C)C[C@@H](O)[C@H](Cc2ccc(OCc3csc(C)n3)cc2)NC(=O)OC(C)(C)C)cc1C. The molecule has 1 amide bonds. The number of carbonyl (C=O) groups is 2. The van der Waals surface area contributed by atoms with Gasteiger partial charge in [-0.05, 0) is 88.4 Å². The highest BCUT2D eigenvalue weighted by atomic mass is 32.2. The van der Waals surface area contributed by atoms with Crippen LogP contribution >= 0.6 is 11.3 Å². The number of hydrogen-bond donors (Lipinski definition) is 2. The summed E-state index contributed by atoms with van der Waals surface area (Å²) in [6.07, 6.45) is -1.84. The molecule has 0 aliphatic carbocycles. The number of rotatable bonds is 14. The van der Waals surface area contributed by atoms with Gasteiger partial charge in [-0.3, -0.25) is 4.79 Å². The first kappa shape index (κ1) is 36.9. The molecule has 0 fully saturated rings. The summed E-state index contributed by atoms with van der Waals surface area (Å²) in [6.45, 7) is 14.0. The first-order chi connectivity index (χ1) is 21.4. The van der Waals surface area contributed by atoms with Gasteiger partial charge < -0.3 is 24.6 Å². The third kappa shape index (κ3) is 11.4. The quantitative estimate of drug-likeness (QED) is 0.169. The lowest BCUT2D eigenvalue weighted by Crippen LogP contribution is -2.51. The number of benzene rings is 2. The molecule has 0 spiro atoms. The number of nitrogens with zero attached hydrogens (tertiary/aromatic N) is 2. The summed E-state index contributed by atoms with van der Waals surface area (Å²) in [6, 6.07) is 10.6. The van der Waals surface area contributed by atoms with Crippen molar-refractivity contribution in [1.82, 2.24) is 14.6 Å². The number of alkyl carbamates (subject to hydrolysis) is 1. The van der Waals surface area contributed by atoms with Gasteiger partial charge in [0.1, 0.15) is 23.7 Å². The van der Waals surface area contributed by atoms with Crippen molar-refractivity contribution >= 4 is 33.4 Å². The fourth-order valence-electron chi connectivity index (χ4n) is 4.56. The maximum atomic E-state index is 13.9. The minimum Gasteiger partial charge on any atom is -0.487 e. The van der Waals surface area contributed by atoms with Gasteiger partial charge in [-0.15, -0.1) is 11.3 Å². The van der Waals surface area contributed by atoms with E-state index < -0.39 is 39.8 Å². The molecular weight excluding hydrogens is 631 g/mol. The largest absolute Gasteiger partial charge is 0.487 e. The van der Waals surface area contributed by atoms with Gasteiger partial charge in [0.15, 0.2) is 0 Å². The van der Waals surface area contributed by atoms with Crippen molar-refractivity contribution in [2.24, 2.45) is 5.92 Å². The first-order valence-electron chi connectivity index (χ1n) is 15.0. The second-order valence-corrected chi connectivity index (χ2v) is 15.6. The van der Waals surface area contributed by atoms with E-state index in [4.69, 9.17) is 14.2 Å². The van der Waals surface area contributed by atoms with Crippen molar-refractivity contribution in [2.45, 2.75) is 91.1 Å². The molecule has 1 heterocycles. The number of amides is 1. The monoisotopic (exact) mass is 675 g/mol. The van der Waals surface area contributed by atoms with Crippen LogP contribution in [-0.4, -0.2) is 65.7 Å². The van der Waals surface area contributed by atoms with Gasteiger partial charge in [0, 0.05) is 25.4 Å². The molecule has 0 unspecified atom stereocenters. The zero-order chi connectivity index (χ0) is 34.2. The molecule has 0 radical (unpaired) electrons. The number of aliphatic hydroxyl groups is 1. The van der Waals surface area contributed by atoms with Gasteiger partial charge >= 0.3 is 12.1 Å². The van der Waals surface area contributed by atoms with Gasteiger partial charge in [-0.25, -0.2) is 18.2 Å². The molecule has 0 aliphatic rings. The molecule has 1 aromatic heterocycles. The maximum Gasteiger partial charge on any atom is 0.407 e. The van der Waals surface area contributed by atoms with E-state index in [1.165, 1.54) is 29.4 Å². The molecule has 13 heteroatoms. The lowest BCUT2D eigenvalue weighted by atomic mass is 10.0. The first-order valence-corrected chi connectivity index (χ1v) is 17.3. The highest BCUT2D eigenvalue weighted by molar-refractivity contribution is 7.89. The minimum absolute atomic E-state index is 0.00574. The molecule has 2 N–H and O–H groups in total. The fourth-order valence-corrected chi connectivity index (χ4v) is 6.87. The van der Waals surface area contributed by atoms with Gasteiger partial charge in [-0.1, -0.05) is 26.0 Å². The minimum atomic E-state index is -4.09. The van der Waals surface area contributed by atoms with E-state index in [-0.39, 0.29) is 36.1 Å². The maximum absolute atomic E-state index is 13.9. The highest BCUT2D eigenvalue weighted by Crippen LogP contribution is 2.26. The highest BCUT2D eigenvalue weighted by Gasteiger charge is 2.32. The standard InChI is InChI=1S/C33H45N3O8S2/c1-21(2)17-36(46(40,41)28-13-14-31(22(3)15-28)43-24(5)37)18-30(38)29(35-32(39)44-33(6,7)8)16-25-9-11-27(12-10-25)42-19-26-20-45-23(4)34-26/h9-15,20-21,29-30,38H,16-19H2,1-8H3,(H,35,39)/t29-,30+/m0/s1. The summed E-state index contributed by atoms with van der Waals surface area (Å²) in [5.41, 5.74) is 1.32. The smallest absolute Gasteiger partial charge is 0.407 e. The third-order valence-electron chi connectivity index (χ3n) is 6.60. The number of aryl methyl sites for hydroxylation is 2. The van der Waals surface area contributed by atoms with Gasteiger partial charge in [0.05, 0.1) is 27.7 Å². The average molecular weight is 676 g/mol. The Kier molecular flexibility index (Phi) is 12.7. The third-order valence-corrected chi connectivity index (χ3v) is 9.25. The van der Waals surface area contributed by atoms with Gasteiger partial charge in [0.25, 0.3) is 0 Å². The summed E-state index contributed by atoms with van der Waals surface area (Å²) in [5.74, 6) is 0.315. The number of nitrogens with one attached hydrogen (secondary N) is 1. The number of aromatic nitrogens is 1. The van der Waals surface area contributed by atoms with E-state index >= 15 is 0 Å². The van der Waals surface area contributed by atoms with Crippen LogP contribution < -0.4 is 14.8 Å². The fraction of sp³-hybridized carbons (Fsp3) is 0.485. The summed E-state index contributed by atoms with van der Waals surface area (Å²) in [4.78, 5) is 28.6. The lowest BCUT2D eigenvalue weighted by molar-refractivity contribution is -0.131. The molecular formula is C33H45N3O8S2. The zero-order valence-corrected chi connectivity index (χ0v) is 29.3. The predicted octanol–water partition coefficient (Wildman–Crippen LogP) is 5.41. The predicted molar refractivity (Wildman–Crippen MR) is 177 cm³/mol. The number of ether oxygens (including phenoxy) is 3. The van der Waals surface area contributed by atoms with Crippen LogP contribution in [0.15, 0.2) is 52.7 Å². The van der Waals surface area contributed by atoms with Crippen molar-refractivity contribution < 1.29 is 37.3 Å². The van der Waals surface area contributed by atoms with E-state index in [2.05, 4.69) is 10.3 Å². The molecule has 0 aliphatic heterocycles. The second-order valence-electron chi connectivity index (χ2n) is 12.6. The van der Waals surface area contributed by atoms with Crippen LogP contribution in [0.5, 0.6) is 11.5 Å². The molecule has 0 saturated carbocycles. The number of sulfonamides is 1. The van der Waals surface area contributed by atoms with Crippen LogP contribution in [-0.2, 0) is 32.6 Å². The number of carbonyl (C=O) groups excluding carboxylic acids is 2. The Labute approximate surface area is 276 Å². The Bertz CT molecular complexity index is 1580. The molecule has 3 aromatic rings. The molecule has 2 atom stereocenters. The van der Waals surface area contributed by atoms with Crippen LogP contribution in [0.3, 0.4) is 0 Å². The van der Waals surface area contributed by atoms with Crippen molar-refractivity contribution in [3.8, 4) is 11.5 Å². The Hall–Kier alpha value is -3.52. The topological polar surface area (TPSA) is 144 Å². The molecule has 0 saturated heterocycles. The summed E-state index contributed by atoms with van der Waals surface area (Å²) >= 11 is 1.55. The normalized spacial score (nSPS) is 13.4. The number of thiazole rings is 1. The van der Waals surface area contributed by atoms with Gasteiger partial charge in [0.2, 0.25) is 10.0 Å². The van der Waals surface area contributed by atoms with Crippen molar-refractivity contribution in [3.63, 3.8) is 0 Å². The molecule has 46 heavy (non-hydrogen) atoms. The van der Waals surface area contributed by atoms with E-state index in [0.717, 1.165) is 16.3 Å². The summed E-state index contributed by atoms with van der Waals surface area (Å²) in [5, 5.41) is 17.2. The van der Waals surface area contributed by atoms with Crippen LogP contribution in [0.2, 0.25) is 0 Å². The number of aliphatic hydroxyl groups excluding tert-OH is 1. The van der Waals surface area contributed by atoms with Crippen LogP contribution in [0.1, 0.15) is 63.4 Å². The average Bonchev–Trinajstić information content (AvgIpc) is 3.36. The summed E-state index contributed by atoms with van der Waals surface area (Å²) < 4.78 is 45.4. The number of esters is 1. The van der Waals surface area contributed by atoms with E-state index in [1.54, 1.807) is 51.2 Å². The Balaban J connectivity index is 1.83. The Morgan fingerprint density at radius 3 is 2.28 bits per heavy atom. The summed E-state index contributed by atoms with van der Waals surface area (Å²) in [7, 11) is -4.09. The van der Waals surface area contributed by atoms with Gasteiger partial charge in [-0.2, -0.15) is 4.31 Å². The molecule has 252 valence electrons. The Morgan fingerprint density at radius 1 is 1.07 bits per heavy atom. The van der Waals surface area contributed by atoms with Crippen LogP contribution in [0.4, 0.5) is 4.79 Å². The Morgan fingerprint density at radius 2 is 1.74 bits per heavy atom. The van der Waals surface area contributed by atoms with E-state index in [9.17, 15) is 23.1 Å². The van der Waals surface area contributed by atoms with Crippen LogP contribution in [0, 0.1) is 19.8 Å². The zero-order valence-electron chi connectivity index (χ0n) is 27.7. The van der Waals surface area contributed by atoms with Crippen molar-refractivity contribution in [2.75, 3.05) is 13.1 Å². The molecule has 3 rings (SSSR count). The van der Waals surface area contributed by atoms with E-state index in [1.807, 2.05) is 38.3 Å². The number of hydrogen-bond acceptors (Lipinski definition) is 10. The molecule has 2 aromatic carbocycles. The van der Waals surface area contributed by atoms with Crippen molar-refractivity contribution in [1.29, 1.82) is 0 Å². The van der Waals surface area contributed by atoms with Crippen molar-refractivity contribution in [3.05, 3.63) is 69.7 Å². The van der Waals surface area contributed by atoms with Crippen LogP contribution in [0.25, 0.3) is 0 Å². The molecule has 0 bridgehead atoms.